The average molecular weight is 365 g/mol. The first-order valence-electron chi connectivity index (χ1n) is 9.04. The standard InChI is InChI=1S/C22H23NO4/c1-4-14(2)17-7-5-6-8-19(17)23-21(24)13-26-16-9-10-18-15(3)11-22(25)27-20(18)12-16/h5-12,14H,4,13H2,1-3H3,(H,23,24)/t14-/m1/s1. The molecule has 1 heterocycles. The van der Waals surface area contributed by atoms with Gasteiger partial charge in [0.1, 0.15) is 11.3 Å². The van der Waals surface area contributed by atoms with Crippen LogP contribution in [0.2, 0.25) is 0 Å². The second-order valence-corrected chi connectivity index (χ2v) is 6.64. The van der Waals surface area contributed by atoms with E-state index >= 15 is 0 Å². The molecule has 140 valence electrons. The predicted octanol–water partition coefficient (Wildman–Crippen LogP) is 4.63. The van der Waals surface area contributed by atoms with Crippen molar-refractivity contribution >= 4 is 22.6 Å². The van der Waals surface area contributed by atoms with Crippen LogP contribution in [0.25, 0.3) is 11.0 Å². The van der Waals surface area contributed by atoms with Crippen LogP contribution in [0, 0.1) is 6.92 Å². The minimum atomic E-state index is -0.406. The molecule has 3 aromatic rings. The summed E-state index contributed by atoms with van der Waals surface area (Å²) in [5, 5.41) is 3.76. The van der Waals surface area contributed by atoms with E-state index in [-0.39, 0.29) is 12.5 Å². The fraction of sp³-hybridized carbons (Fsp3) is 0.273. The highest BCUT2D eigenvalue weighted by Crippen LogP contribution is 2.26. The Balaban J connectivity index is 1.70. The van der Waals surface area contributed by atoms with Crippen molar-refractivity contribution in [2.45, 2.75) is 33.1 Å². The number of anilines is 1. The third kappa shape index (κ3) is 4.37. The van der Waals surface area contributed by atoms with Gasteiger partial charge >= 0.3 is 5.63 Å². The molecule has 0 aliphatic rings. The van der Waals surface area contributed by atoms with Gasteiger partial charge in [-0.05, 0) is 48.6 Å². The lowest BCUT2D eigenvalue weighted by molar-refractivity contribution is -0.118. The third-order valence-corrected chi connectivity index (χ3v) is 4.67. The molecule has 1 aromatic heterocycles. The molecule has 1 atom stereocenters. The summed E-state index contributed by atoms with van der Waals surface area (Å²) < 4.78 is 10.8. The highest BCUT2D eigenvalue weighted by Gasteiger charge is 2.12. The molecule has 2 aromatic carbocycles. The summed E-state index contributed by atoms with van der Waals surface area (Å²) in [6, 6.07) is 14.4. The number of fused-ring (bicyclic) bond motifs is 1. The number of carbonyl (C=O) groups excluding carboxylic acids is 1. The Kier molecular flexibility index (Phi) is 5.60. The van der Waals surface area contributed by atoms with E-state index in [0.717, 1.165) is 28.6 Å². The maximum atomic E-state index is 12.3. The van der Waals surface area contributed by atoms with E-state index in [1.54, 1.807) is 12.1 Å². The van der Waals surface area contributed by atoms with E-state index in [0.29, 0.717) is 17.3 Å². The molecule has 1 N–H and O–H groups in total. The first-order valence-corrected chi connectivity index (χ1v) is 9.04. The fourth-order valence-electron chi connectivity index (χ4n) is 2.99. The minimum absolute atomic E-state index is 0.129. The van der Waals surface area contributed by atoms with Gasteiger partial charge in [0.2, 0.25) is 0 Å². The van der Waals surface area contributed by atoms with Gasteiger partial charge in [-0.2, -0.15) is 0 Å². The highest BCUT2D eigenvalue weighted by molar-refractivity contribution is 5.92. The van der Waals surface area contributed by atoms with Crippen LogP contribution in [0.3, 0.4) is 0 Å². The fourth-order valence-corrected chi connectivity index (χ4v) is 2.99. The Morgan fingerprint density at radius 1 is 1.19 bits per heavy atom. The first kappa shape index (κ1) is 18.7. The van der Waals surface area contributed by atoms with Gasteiger partial charge in [0.05, 0.1) is 0 Å². The summed E-state index contributed by atoms with van der Waals surface area (Å²) in [5.74, 6) is 0.590. The van der Waals surface area contributed by atoms with E-state index in [1.807, 2.05) is 37.3 Å². The Hall–Kier alpha value is -3.08. The Labute approximate surface area is 158 Å². The van der Waals surface area contributed by atoms with Gasteiger partial charge in [-0.25, -0.2) is 4.79 Å². The number of hydrogen-bond acceptors (Lipinski definition) is 4. The van der Waals surface area contributed by atoms with E-state index in [2.05, 4.69) is 19.2 Å². The lowest BCUT2D eigenvalue weighted by Gasteiger charge is -2.15. The summed E-state index contributed by atoms with van der Waals surface area (Å²) in [7, 11) is 0. The van der Waals surface area contributed by atoms with Crippen LogP contribution >= 0.6 is 0 Å². The Bertz CT molecular complexity index is 1020. The number of carbonyl (C=O) groups is 1. The van der Waals surface area contributed by atoms with Crippen molar-refractivity contribution in [2.75, 3.05) is 11.9 Å². The van der Waals surface area contributed by atoms with E-state index in [4.69, 9.17) is 9.15 Å². The molecule has 0 radical (unpaired) electrons. The van der Waals surface area contributed by atoms with Crippen LogP contribution in [0.5, 0.6) is 5.75 Å². The molecule has 0 spiro atoms. The van der Waals surface area contributed by atoms with Crippen molar-refractivity contribution in [1.29, 1.82) is 0 Å². The number of rotatable bonds is 6. The zero-order valence-electron chi connectivity index (χ0n) is 15.7. The molecule has 0 saturated heterocycles. The summed E-state index contributed by atoms with van der Waals surface area (Å²) in [6.07, 6.45) is 0.991. The molecule has 3 rings (SSSR count). The number of benzene rings is 2. The number of para-hydroxylation sites is 1. The first-order chi connectivity index (χ1) is 13.0. The number of hydrogen-bond donors (Lipinski definition) is 1. The van der Waals surface area contributed by atoms with Gasteiger partial charge < -0.3 is 14.5 Å². The normalized spacial score (nSPS) is 12.0. The molecule has 0 aliphatic carbocycles. The van der Waals surface area contributed by atoms with Crippen molar-refractivity contribution in [3.05, 3.63) is 70.1 Å². The SMILES string of the molecule is CC[C@@H](C)c1ccccc1NC(=O)COc1ccc2c(C)cc(=O)oc2c1. The van der Waals surface area contributed by atoms with E-state index < -0.39 is 5.63 Å². The third-order valence-electron chi connectivity index (χ3n) is 4.67. The molecule has 0 saturated carbocycles. The molecule has 1 amide bonds. The van der Waals surface area contributed by atoms with Gasteiger partial charge in [0.25, 0.3) is 5.91 Å². The van der Waals surface area contributed by atoms with Crippen LogP contribution in [-0.4, -0.2) is 12.5 Å². The molecule has 27 heavy (non-hydrogen) atoms. The highest BCUT2D eigenvalue weighted by atomic mass is 16.5. The number of ether oxygens (including phenoxy) is 1. The van der Waals surface area contributed by atoms with Gasteiger partial charge in [0, 0.05) is 23.2 Å². The van der Waals surface area contributed by atoms with E-state index in [9.17, 15) is 9.59 Å². The molecule has 5 nitrogen and oxygen atoms in total. The topological polar surface area (TPSA) is 68.5 Å². The van der Waals surface area contributed by atoms with Gasteiger partial charge in [-0.3, -0.25) is 4.79 Å². The zero-order valence-corrected chi connectivity index (χ0v) is 15.7. The lowest BCUT2D eigenvalue weighted by atomic mass is 9.97. The van der Waals surface area contributed by atoms with Crippen LogP contribution < -0.4 is 15.7 Å². The van der Waals surface area contributed by atoms with Gasteiger partial charge in [0.15, 0.2) is 6.61 Å². The minimum Gasteiger partial charge on any atom is -0.484 e. The van der Waals surface area contributed by atoms with Crippen LogP contribution in [0.15, 0.2) is 57.7 Å². The Morgan fingerprint density at radius 3 is 2.74 bits per heavy atom. The van der Waals surface area contributed by atoms with Crippen molar-refractivity contribution < 1.29 is 13.9 Å². The molecule has 0 unspecified atom stereocenters. The van der Waals surface area contributed by atoms with Crippen molar-refractivity contribution in [3.8, 4) is 5.75 Å². The van der Waals surface area contributed by atoms with E-state index in [1.165, 1.54) is 6.07 Å². The number of amides is 1. The number of aryl methyl sites for hydroxylation is 1. The maximum absolute atomic E-state index is 12.3. The van der Waals surface area contributed by atoms with Gasteiger partial charge in [-0.15, -0.1) is 0 Å². The summed E-state index contributed by atoms with van der Waals surface area (Å²) in [5.41, 5.74) is 2.79. The summed E-state index contributed by atoms with van der Waals surface area (Å²) in [6.45, 7) is 5.97. The predicted molar refractivity (Wildman–Crippen MR) is 106 cm³/mol. The van der Waals surface area contributed by atoms with Crippen molar-refractivity contribution in [3.63, 3.8) is 0 Å². The second-order valence-electron chi connectivity index (χ2n) is 6.64. The largest absolute Gasteiger partial charge is 0.484 e. The van der Waals surface area contributed by atoms with Crippen LogP contribution in [0.4, 0.5) is 5.69 Å². The summed E-state index contributed by atoms with van der Waals surface area (Å²) >= 11 is 0. The van der Waals surface area contributed by atoms with Crippen molar-refractivity contribution in [2.24, 2.45) is 0 Å². The van der Waals surface area contributed by atoms with Crippen LogP contribution in [0.1, 0.15) is 37.3 Å². The average Bonchev–Trinajstić information content (AvgIpc) is 2.65. The van der Waals surface area contributed by atoms with Crippen LogP contribution in [-0.2, 0) is 4.79 Å². The zero-order chi connectivity index (χ0) is 19.4. The number of nitrogens with one attached hydrogen (secondary N) is 1. The monoisotopic (exact) mass is 365 g/mol. The summed E-state index contributed by atoms with van der Waals surface area (Å²) in [4.78, 5) is 23.8. The molecular formula is C22H23NO4. The molecule has 0 bridgehead atoms. The molecular weight excluding hydrogens is 342 g/mol. The molecule has 0 aliphatic heterocycles. The van der Waals surface area contributed by atoms with Gasteiger partial charge in [-0.1, -0.05) is 32.0 Å². The quantitative estimate of drug-likeness (QED) is 0.647. The molecule has 5 heteroatoms. The molecule has 0 fully saturated rings. The van der Waals surface area contributed by atoms with Crippen molar-refractivity contribution in [1.82, 2.24) is 0 Å². The maximum Gasteiger partial charge on any atom is 0.336 e. The smallest absolute Gasteiger partial charge is 0.336 e. The second kappa shape index (κ2) is 8.08. The lowest BCUT2D eigenvalue weighted by Crippen LogP contribution is -2.21. The Morgan fingerprint density at radius 2 is 1.96 bits per heavy atom.